The maximum atomic E-state index is 13.9. The summed E-state index contributed by atoms with van der Waals surface area (Å²) < 4.78 is 59.1. The van der Waals surface area contributed by atoms with Gasteiger partial charge in [-0.2, -0.15) is 5.10 Å². The fraction of sp³-hybridized carbons (Fsp3) is 0.406. The topological polar surface area (TPSA) is 226 Å². The van der Waals surface area contributed by atoms with Crippen LogP contribution in [0.2, 0.25) is 0 Å². The summed E-state index contributed by atoms with van der Waals surface area (Å²) in [7, 11) is 0. The van der Waals surface area contributed by atoms with Crippen molar-refractivity contribution in [1.82, 2.24) is 4.98 Å². The van der Waals surface area contributed by atoms with E-state index in [0.29, 0.717) is 123 Å². The first-order valence-corrected chi connectivity index (χ1v) is 31.5. The predicted molar refractivity (Wildman–Crippen MR) is 335 cm³/mol. The van der Waals surface area contributed by atoms with Gasteiger partial charge < -0.3 is 52.5 Å². The molecule has 89 heavy (non-hydrogen) atoms. The summed E-state index contributed by atoms with van der Waals surface area (Å²) in [5.41, 5.74) is 1.21. The number of carbonyl (C=O) groups excluding carboxylic acids is 5. The number of ether oxygens (including phenoxy) is 10. The SMILES string of the molecule is C=CC(=O)OCCCCCCOc1ccc(OC(=O)[C@H]2CC[C@H](C(=O)Oc3ccc(OC(O)[C@H]4CC[C@H](C(=O)Oc5ccc(OCCCCCCOC(=O)C=C)cc5)CC4)c(/C=N/N(CC4COc5ccccc5O4)c4nc5ccccc5s4)c3)CC2)cc1. The van der Waals surface area contributed by atoms with Crippen molar-refractivity contribution in [2.75, 3.05) is 44.6 Å². The molecule has 0 spiro atoms. The molecule has 6 aromatic rings. The lowest BCUT2D eigenvalue weighted by Gasteiger charge is -2.30. The van der Waals surface area contributed by atoms with E-state index >= 15 is 0 Å². The van der Waals surface area contributed by atoms with E-state index in [9.17, 15) is 29.1 Å². The molecule has 2 unspecified atom stereocenters. The van der Waals surface area contributed by atoms with Crippen LogP contribution in [0.4, 0.5) is 5.13 Å². The molecule has 9 rings (SSSR count). The molecule has 2 atom stereocenters. The number of hydrogen-bond acceptors (Lipinski definition) is 20. The van der Waals surface area contributed by atoms with E-state index in [4.69, 9.17) is 57.5 Å². The van der Waals surface area contributed by atoms with Gasteiger partial charge in [-0.05, 0) is 194 Å². The molecule has 2 fully saturated rings. The smallest absolute Gasteiger partial charge is 0.330 e. The molecule has 1 aromatic heterocycles. The Morgan fingerprint density at radius 3 is 1.63 bits per heavy atom. The van der Waals surface area contributed by atoms with E-state index in [1.807, 2.05) is 48.5 Å². The largest absolute Gasteiger partial charge is 0.494 e. The van der Waals surface area contributed by atoms with Gasteiger partial charge in [-0.15, -0.1) is 0 Å². The van der Waals surface area contributed by atoms with Crippen LogP contribution in [0.3, 0.4) is 0 Å². The molecule has 19 nitrogen and oxygen atoms in total. The number of hydrazone groups is 1. The Kier molecular flexibility index (Phi) is 24.4. The van der Waals surface area contributed by atoms with Gasteiger partial charge in [0.1, 0.15) is 41.1 Å². The molecule has 1 aliphatic heterocycles. The zero-order valence-electron chi connectivity index (χ0n) is 50.0. The molecule has 3 aliphatic rings. The molecule has 470 valence electrons. The van der Waals surface area contributed by atoms with Gasteiger partial charge in [0.15, 0.2) is 23.9 Å². The number of aliphatic hydroxyl groups excluding tert-OH is 1. The number of esters is 5. The van der Waals surface area contributed by atoms with Crippen LogP contribution < -0.4 is 42.9 Å². The predicted octanol–water partition coefficient (Wildman–Crippen LogP) is 12.7. The third-order valence-corrected chi connectivity index (χ3v) is 16.7. The molecular formula is C69H77N3O16S. The number of rotatable bonds is 32. The van der Waals surface area contributed by atoms with E-state index in [1.54, 1.807) is 78.0 Å². The molecule has 2 saturated carbocycles. The average Bonchev–Trinajstić information content (AvgIpc) is 3.15. The maximum absolute atomic E-state index is 13.9. The summed E-state index contributed by atoms with van der Waals surface area (Å²) in [6, 6.07) is 34.1. The van der Waals surface area contributed by atoms with Crippen molar-refractivity contribution in [3.63, 3.8) is 0 Å². The molecule has 0 amide bonds. The highest BCUT2D eigenvalue weighted by Gasteiger charge is 2.35. The number of unbranched alkanes of at least 4 members (excludes halogenated alkanes) is 6. The second-order valence-electron chi connectivity index (χ2n) is 22.1. The van der Waals surface area contributed by atoms with Gasteiger partial charge >= 0.3 is 29.8 Å². The molecule has 0 radical (unpaired) electrons. The van der Waals surface area contributed by atoms with Gasteiger partial charge in [-0.3, -0.25) is 14.4 Å². The number of nitrogens with zero attached hydrogens (tertiary/aromatic N) is 3. The molecule has 2 heterocycles. The maximum Gasteiger partial charge on any atom is 0.330 e. The lowest BCUT2D eigenvalue weighted by molar-refractivity contribution is -0.145. The zero-order valence-corrected chi connectivity index (χ0v) is 50.8. The van der Waals surface area contributed by atoms with Crippen LogP contribution in [0.1, 0.15) is 108 Å². The second-order valence-corrected chi connectivity index (χ2v) is 23.1. The van der Waals surface area contributed by atoms with Crippen LogP contribution >= 0.6 is 11.3 Å². The number of para-hydroxylation sites is 3. The Morgan fingerprint density at radius 1 is 0.596 bits per heavy atom. The highest BCUT2D eigenvalue weighted by atomic mass is 32.1. The highest BCUT2D eigenvalue weighted by molar-refractivity contribution is 7.22. The summed E-state index contributed by atoms with van der Waals surface area (Å²) in [6.45, 7) is 9.10. The van der Waals surface area contributed by atoms with E-state index in [1.165, 1.54) is 11.3 Å². The summed E-state index contributed by atoms with van der Waals surface area (Å²) in [4.78, 5) is 67.9. The Balaban J connectivity index is 0.797. The van der Waals surface area contributed by atoms with E-state index in [2.05, 4.69) is 13.2 Å². The van der Waals surface area contributed by atoms with Crippen molar-refractivity contribution in [3.8, 4) is 46.0 Å². The Morgan fingerprint density at radius 2 is 1.08 bits per heavy atom. The van der Waals surface area contributed by atoms with Crippen LogP contribution in [-0.2, 0) is 33.4 Å². The molecule has 5 aromatic carbocycles. The van der Waals surface area contributed by atoms with Gasteiger partial charge in [-0.1, -0.05) is 48.8 Å². The summed E-state index contributed by atoms with van der Waals surface area (Å²) in [5.74, 6) is 0.412. The summed E-state index contributed by atoms with van der Waals surface area (Å²) >= 11 is 1.46. The normalized spacial score (nSPS) is 18.2. The van der Waals surface area contributed by atoms with Crippen LogP contribution in [0.5, 0.6) is 46.0 Å². The highest BCUT2D eigenvalue weighted by Crippen LogP contribution is 2.38. The number of thiazole rings is 1. The number of aromatic nitrogens is 1. The Labute approximate surface area is 522 Å². The Hall–Kier alpha value is -8.75. The second kappa shape index (κ2) is 33.6. The van der Waals surface area contributed by atoms with Gasteiger partial charge in [0.2, 0.25) is 5.13 Å². The van der Waals surface area contributed by atoms with Crippen LogP contribution in [-0.4, -0.2) is 98.1 Å². The van der Waals surface area contributed by atoms with Gasteiger partial charge in [0.25, 0.3) is 0 Å². The zero-order chi connectivity index (χ0) is 62.2. The van der Waals surface area contributed by atoms with E-state index in [-0.39, 0.29) is 48.4 Å². The molecule has 0 saturated heterocycles. The van der Waals surface area contributed by atoms with Crippen molar-refractivity contribution >= 4 is 62.7 Å². The molecular weight excluding hydrogens is 1160 g/mol. The van der Waals surface area contributed by atoms with Crippen molar-refractivity contribution in [1.29, 1.82) is 0 Å². The first-order chi connectivity index (χ1) is 43.5. The fourth-order valence-corrected chi connectivity index (χ4v) is 11.5. The number of fused-ring (bicyclic) bond motifs is 2. The monoisotopic (exact) mass is 1240 g/mol. The standard InChI is InChI=1S/C69H77N3O16S/c1-3-63(73)81-41-15-7-5-13-39-79-52-29-33-54(34-30-52)85-65(75)47-21-23-49(24-22-47)67(77)87-56-37-38-59(51(43-56)44-70-72(69-71-58-17-9-12-20-62(58)89-69)45-57-46-83-60-18-10-11-19-61(60)84-57)88-68(78)50-27-25-48(26-28-50)66(76)86-55-35-31-53(32-36-55)80-40-14-6-8-16-42-82-64(74)4-2/h3-4,9-12,17-20,29-38,43-44,47-50,57,68,78H,1-2,5-8,13-16,21-28,39-42,45-46H2/b70-44+/t47-,48-,49-,50-,57?,68?. The van der Waals surface area contributed by atoms with Gasteiger partial charge in [-0.25, -0.2) is 19.6 Å². The van der Waals surface area contributed by atoms with E-state index in [0.717, 1.165) is 73.7 Å². The van der Waals surface area contributed by atoms with Gasteiger partial charge in [0.05, 0.1) is 67.2 Å². The van der Waals surface area contributed by atoms with E-state index < -0.39 is 42.1 Å². The van der Waals surface area contributed by atoms with Gasteiger partial charge in [0, 0.05) is 23.6 Å². The molecule has 20 heteroatoms. The third-order valence-electron chi connectivity index (χ3n) is 15.7. The lowest BCUT2D eigenvalue weighted by atomic mass is 9.81. The molecule has 2 aliphatic carbocycles. The number of aliphatic hydroxyl groups is 1. The first kappa shape index (κ1) is 64.7. The number of anilines is 1. The molecule has 0 bridgehead atoms. The Bertz CT molecular complexity index is 3300. The quantitative estimate of drug-likeness (QED) is 0.00787. The van der Waals surface area contributed by atoms with Crippen LogP contribution in [0, 0.1) is 23.7 Å². The number of benzene rings is 5. The third kappa shape index (κ3) is 19.9. The average molecular weight is 1240 g/mol. The summed E-state index contributed by atoms with van der Waals surface area (Å²) in [5, 5.41) is 19.1. The van der Waals surface area contributed by atoms with Crippen molar-refractivity contribution < 1.29 is 76.4 Å². The lowest BCUT2D eigenvalue weighted by Crippen LogP contribution is -2.39. The summed E-state index contributed by atoms with van der Waals surface area (Å²) in [6.07, 6.45) is 12.8. The van der Waals surface area contributed by atoms with Crippen molar-refractivity contribution in [2.45, 2.75) is 115 Å². The van der Waals surface area contributed by atoms with Crippen LogP contribution in [0.25, 0.3) is 10.2 Å². The molecule has 1 N–H and O–H groups in total. The minimum Gasteiger partial charge on any atom is -0.494 e. The number of carbonyl (C=O) groups is 5. The van der Waals surface area contributed by atoms with Crippen LogP contribution in [0.15, 0.2) is 146 Å². The minimum absolute atomic E-state index is 0.235. The van der Waals surface area contributed by atoms with Crippen molar-refractivity contribution in [2.24, 2.45) is 28.8 Å². The minimum atomic E-state index is -1.26. The number of hydrogen-bond donors (Lipinski definition) is 1. The fourth-order valence-electron chi connectivity index (χ4n) is 10.6. The van der Waals surface area contributed by atoms with Crippen molar-refractivity contribution in [3.05, 3.63) is 146 Å². The first-order valence-electron chi connectivity index (χ1n) is 30.7.